The van der Waals surface area contributed by atoms with Crippen LogP contribution in [0.1, 0.15) is 32.1 Å². The quantitative estimate of drug-likeness (QED) is 0.850. The second-order valence-electron chi connectivity index (χ2n) is 5.60. The number of carbonyl (C=O) groups is 2. The SMILES string of the molecule is NCCCC(=O)N1CCCCC1C(=O)Nc1ccc(Cl)cc1Cl. The largest absolute Gasteiger partial charge is 0.331 e. The van der Waals surface area contributed by atoms with Gasteiger partial charge in [-0.15, -0.1) is 0 Å². The van der Waals surface area contributed by atoms with E-state index in [4.69, 9.17) is 28.9 Å². The fourth-order valence-corrected chi connectivity index (χ4v) is 3.16. The molecule has 1 aromatic rings. The Labute approximate surface area is 146 Å². The topological polar surface area (TPSA) is 75.4 Å². The van der Waals surface area contributed by atoms with Crippen molar-refractivity contribution in [2.24, 2.45) is 5.73 Å². The van der Waals surface area contributed by atoms with Crippen LogP contribution in [0.5, 0.6) is 0 Å². The van der Waals surface area contributed by atoms with Crippen molar-refractivity contribution in [3.63, 3.8) is 0 Å². The third kappa shape index (κ3) is 4.83. The number of nitrogens with two attached hydrogens (primary N) is 1. The van der Waals surface area contributed by atoms with Gasteiger partial charge in [-0.3, -0.25) is 9.59 Å². The number of hydrogen-bond acceptors (Lipinski definition) is 3. The molecule has 1 heterocycles. The molecule has 23 heavy (non-hydrogen) atoms. The Hall–Kier alpha value is -1.30. The van der Waals surface area contributed by atoms with Crippen LogP contribution in [0.2, 0.25) is 10.0 Å². The molecule has 0 spiro atoms. The van der Waals surface area contributed by atoms with Crippen LogP contribution < -0.4 is 11.1 Å². The van der Waals surface area contributed by atoms with Gasteiger partial charge in [-0.1, -0.05) is 23.2 Å². The first kappa shape index (κ1) is 18.0. The molecule has 3 N–H and O–H groups in total. The lowest BCUT2D eigenvalue weighted by Gasteiger charge is -2.35. The molecule has 1 atom stereocenters. The number of carbonyl (C=O) groups excluding carboxylic acids is 2. The molecular weight excluding hydrogens is 337 g/mol. The van der Waals surface area contributed by atoms with E-state index in [1.165, 1.54) is 0 Å². The molecule has 126 valence electrons. The summed E-state index contributed by atoms with van der Waals surface area (Å²) in [6.07, 6.45) is 3.51. The molecule has 1 saturated heterocycles. The van der Waals surface area contributed by atoms with E-state index in [-0.39, 0.29) is 11.8 Å². The van der Waals surface area contributed by atoms with E-state index in [1.807, 2.05) is 0 Å². The first-order valence-electron chi connectivity index (χ1n) is 7.78. The van der Waals surface area contributed by atoms with Gasteiger partial charge in [0, 0.05) is 18.0 Å². The molecule has 1 aromatic carbocycles. The summed E-state index contributed by atoms with van der Waals surface area (Å²) in [4.78, 5) is 26.5. The Morgan fingerprint density at radius 1 is 1.30 bits per heavy atom. The van der Waals surface area contributed by atoms with Crippen molar-refractivity contribution in [1.29, 1.82) is 0 Å². The lowest BCUT2D eigenvalue weighted by Crippen LogP contribution is -2.50. The van der Waals surface area contributed by atoms with Crippen LogP contribution in [0.4, 0.5) is 5.69 Å². The number of rotatable bonds is 5. The van der Waals surface area contributed by atoms with Crippen molar-refractivity contribution in [3.8, 4) is 0 Å². The first-order valence-corrected chi connectivity index (χ1v) is 8.54. The highest BCUT2D eigenvalue weighted by atomic mass is 35.5. The standard InChI is InChI=1S/C16H21Cl2N3O2/c17-11-6-7-13(12(18)10-11)20-16(23)14-4-1-2-9-21(14)15(22)5-3-8-19/h6-7,10,14H,1-5,8-9,19H2,(H,20,23). The van der Waals surface area contributed by atoms with Crippen LogP contribution in [0.25, 0.3) is 0 Å². The third-order valence-corrected chi connectivity index (χ3v) is 4.46. The second-order valence-corrected chi connectivity index (χ2v) is 6.45. The molecule has 2 amide bonds. The minimum Gasteiger partial charge on any atom is -0.331 e. The molecule has 1 unspecified atom stereocenters. The number of anilines is 1. The molecule has 0 saturated carbocycles. The van der Waals surface area contributed by atoms with E-state index in [0.29, 0.717) is 48.1 Å². The van der Waals surface area contributed by atoms with E-state index in [2.05, 4.69) is 5.32 Å². The number of nitrogens with zero attached hydrogens (tertiary/aromatic N) is 1. The molecule has 5 nitrogen and oxygen atoms in total. The van der Waals surface area contributed by atoms with Crippen molar-refractivity contribution in [3.05, 3.63) is 28.2 Å². The predicted molar refractivity (Wildman–Crippen MR) is 92.7 cm³/mol. The minimum absolute atomic E-state index is 0.0162. The maximum Gasteiger partial charge on any atom is 0.247 e. The van der Waals surface area contributed by atoms with E-state index >= 15 is 0 Å². The van der Waals surface area contributed by atoms with Gasteiger partial charge in [0.1, 0.15) is 6.04 Å². The zero-order valence-electron chi connectivity index (χ0n) is 12.9. The number of halogens is 2. The smallest absolute Gasteiger partial charge is 0.247 e. The molecular formula is C16H21Cl2N3O2. The Bertz CT molecular complexity index is 580. The zero-order chi connectivity index (χ0) is 16.8. The lowest BCUT2D eigenvalue weighted by molar-refractivity contribution is -0.140. The molecule has 0 radical (unpaired) electrons. The summed E-state index contributed by atoms with van der Waals surface area (Å²) >= 11 is 11.9. The van der Waals surface area contributed by atoms with E-state index in [1.54, 1.807) is 23.1 Å². The van der Waals surface area contributed by atoms with Gasteiger partial charge >= 0.3 is 0 Å². The van der Waals surface area contributed by atoms with Gasteiger partial charge in [0.15, 0.2) is 0 Å². The molecule has 1 aliphatic heterocycles. The maximum absolute atomic E-state index is 12.6. The van der Waals surface area contributed by atoms with Crippen molar-refractivity contribution in [2.45, 2.75) is 38.1 Å². The van der Waals surface area contributed by atoms with Crippen LogP contribution in [0, 0.1) is 0 Å². The molecule has 1 fully saturated rings. The highest BCUT2D eigenvalue weighted by Crippen LogP contribution is 2.27. The van der Waals surface area contributed by atoms with Crippen LogP contribution in [-0.4, -0.2) is 35.8 Å². The van der Waals surface area contributed by atoms with Crippen molar-refractivity contribution >= 4 is 40.7 Å². The lowest BCUT2D eigenvalue weighted by atomic mass is 10.0. The van der Waals surface area contributed by atoms with Gasteiger partial charge in [-0.2, -0.15) is 0 Å². The van der Waals surface area contributed by atoms with Crippen LogP contribution in [-0.2, 0) is 9.59 Å². The summed E-state index contributed by atoms with van der Waals surface area (Å²) in [5.74, 6) is -0.229. The Morgan fingerprint density at radius 3 is 2.78 bits per heavy atom. The average molecular weight is 358 g/mol. The molecule has 0 bridgehead atoms. The summed E-state index contributed by atoms with van der Waals surface area (Å²) in [5, 5.41) is 3.68. The molecule has 7 heteroatoms. The monoisotopic (exact) mass is 357 g/mol. The van der Waals surface area contributed by atoms with E-state index in [0.717, 1.165) is 12.8 Å². The van der Waals surface area contributed by atoms with Gasteiger partial charge in [0.25, 0.3) is 0 Å². The summed E-state index contributed by atoms with van der Waals surface area (Å²) in [6.45, 7) is 1.08. The van der Waals surface area contributed by atoms with Gasteiger partial charge in [-0.25, -0.2) is 0 Å². The molecule has 0 aliphatic carbocycles. The minimum atomic E-state index is -0.458. The highest BCUT2D eigenvalue weighted by molar-refractivity contribution is 6.36. The maximum atomic E-state index is 12.6. The van der Waals surface area contributed by atoms with Crippen LogP contribution >= 0.6 is 23.2 Å². The highest BCUT2D eigenvalue weighted by Gasteiger charge is 2.31. The first-order chi connectivity index (χ1) is 11.0. The summed E-state index contributed by atoms with van der Waals surface area (Å²) in [5.41, 5.74) is 5.96. The number of likely N-dealkylation sites (tertiary alicyclic amines) is 1. The molecule has 2 rings (SSSR count). The summed E-state index contributed by atoms with van der Waals surface area (Å²) in [7, 11) is 0. The third-order valence-electron chi connectivity index (χ3n) is 3.91. The predicted octanol–water partition coefficient (Wildman–Crippen LogP) is 3.05. The zero-order valence-corrected chi connectivity index (χ0v) is 14.4. The van der Waals surface area contributed by atoms with Crippen LogP contribution in [0.15, 0.2) is 18.2 Å². The van der Waals surface area contributed by atoms with E-state index in [9.17, 15) is 9.59 Å². The number of piperidine rings is 1. The van der Waals surface area contributed by atoms with Crippen molar-refractivity contribution in [2.75, 3.05) is 18.4 Å². The number of benzene rings is 1. The summed E-state index contributed by atoms with van der Waals surface area (Å²) < 4.78 is 0. The van der Waals surface area contributed by atoms with Gasteiger partial charge in [0.2, 0.25) is 11.8 Å². The number of hydrogen-bond donors (Lipinski definition) is 2. The Morgan fingerprint density at radius 2 is 2.09 bits per heavy atom. The molecule has 1 aliphatic rings. The number of nitrogens with one attached hydrogen (secondary N) is 1. The number of amides is 2. The Kier molecular flexibility index (Phi) is 6.69. The fourth-order valence-electron chi connectivity index (χ4n) is 2.71. The fraction of sp³-hybridized carbons (Fsp3) is 0.500. The molecule has 0 aromatic heterocycles. The van der Waals surface area contributed by atoms with Gasteiger partial charge in [-0.05, 0) is 50.4 Å². The van der Waals surface area contributed by atoms with Gasteiger partial charge < -0.3 is 16.0 Å². The average Bonchev–Trinajstić information content (AvgIpc) is 2.55. The summed E-state index contributed by atoms with van der Waals surface area (Å²) in [6, 6.07) is 4.44. The second kappa shape index (κ2) is 8.52. The Balaban J connectivity index is 2.07. The van der Waals surface area contributed by atoms with Gasteiger partial charge in [0.05, 0.1) is 10.7 Å². The normalized spacial score (nSPS) is 17.9. The van der Waals surface area contributed by atoms with E-state index < -0.39 is 6.04 Å². The van der Waals surface area contributed by atoms with Crippen molar-refractivity contribution in [1.82, 2.24) is 4.90 Å². The van der Waals surface area contributed by atoms with Crippen molar-refractivity contribution < 1.29 is 9.59 Å². The van der Waals surface area contributed by atoms with Crippen LogP contribution in [0.3, 0.4) is 0 Å².